The molecule has 5 aromatic carbocycles. The number of hydrogen-bond acceptors (Lipinski definition) is 4. The molecule has 0 bridgehead atoms. The Morgan fingerprint density at radius 1 is 0.622 bits per heavy atom. The monoisotopic (exact) mass is 595 g/mol. The van der Waals surface area contributed by atoms with Crippen LogP contribution in [-0.4, -0.2) is 16.7 Å². The van der Waals surface area contributed by atoms with Gasteiger partial charge in [-0.3, -0.25) is 19.7 Å². The Labute approximate surface area is 262 Å². The fraction of sp³-hybridized carbons (Fsp3) is 0.0526. The first-order valence-electron chi connectivity index (χ1n) is 14.2. The van der Waals surface area contributed by atoms with E-state index in [1.54, 1.807) is 42.5 Å². The Morgan fingerprint density at radius 2 is 1.04 bits per heavy atom. The number of carbonyl (C=O) groups is 2. The Balaban J connectivity index is 0.000000222. The number of non-ortho nitro benzene ring substituents is 1. The minimum Gasteiger partial charge on any atom is -0.322 e. The molecule has 0 fully saturated rings. The van der Waals surface area contributed by atoms with E-state index in [1.807, 2.05) is 98.8 Å². The average Bonchev–Trinajstić information content (AvgIpc) is 3.07. The van der Waals surface area contributed by atoms with Gasteiger partial charge in [0, 0.05) is 34.6 Å². The lowest BCUT2D eigenvalue weighted by atomic mass is 10.1. The SMILES string of the molecule is C=Cc1ccc(C)c(NC(=O)c2ccccc2)c1.Cc1ccc(/C=C/c2ccc([N+](=O)[O-])cc2)cc1NC(=O)c1ccccc1. The van der Waals surface area contributed by atoms with Gasteiger partial charge in [0.05, 0.1) is 4.92 Å². The van der Waals surface area contributed by atoms with Crippen molar-refractivity contribution in [2.24, 2.45) is 0 Å². The summed E-state index contributed by atoms with van der Waals surface area (Å²) in [5.41, 5.74) is 7.65. The number of benzene rings is 5. The van der Waals surface area contributed by atoms with E-state index in [0.29, 0.717) is 11.1 Å². The van der Waals surface area contributed by atoms with Crippen LogP contribution in [-0.2, 0) is 0 Å². The van der Waals surface area contributed by atoms with Crippen LogP contribution in [0.1, 0.15) is 48.5 Å². The summed E-state index contributed by atoms with van der Waals surface area (Å²) >= 11 is 0. The van der Waals surface area contributed by atoms with E-state index >= 15 is 0 Å². The maximum Gasteiger partial charge on any atom is 0.269 e. The average molecular weight is 596 g/mol. The standard InChI is InChI=1S/C22H18N2O3.C16H15NO/c1-16-7-8-18(10-9-17-11-13-20(14-12-17)24(26)27)15-21(16)23-22(25)19-5-3-2-4-6-19;1-3-13-10-9-12(2)15(11-13)17-16(18)14-7-5-4-6-8-14/h2-15H,1H3,(H,23,25);3-11H,1H2,2H3,(H,17,18)/b10-9+;. The molecule has 0 unspecified atom stereocenters. The van der Waals surface area contributed by atoms with Crippen LogP contribution in [0.25, 0.3) is 18.2 Å². The lowest BCUT2D eigenvalue weighted by molar-refractivity contribution is -0.384. The fourth-order valence-corrected chi connectivity index (χ4v) is 4.25. The molecular formula is C38H33N3O4. The topological polar surface area (TPSA) is 101 Å². The minimum atomic E-state index is -0.421. The Kier molecular flexibility index (Phi) is 10.9. The summed E-state index contributed by atoms with van der Waals surface area (Å²) in [4.78, 5) is 34.7. The molecule has 7 nitrogen and oxygen atoms in total. The van der Waals surface area contributed by atoms with Crippen LogP contribution in [0.3, 0.4) is 0 Å². The first-order valence-corrected chi connectivity index (χ1v) is 14.2. The highest BCUT2D eigenvalue weighted by molar-refractivity contribution is 6.05. The smallest absolute Gasteiger partial charge is 0.269 e. The molecule has 2 amide bonds. The van der Waals surface area contributed by atoms with Crippen molar-refractivity contribution in [3.8, 4) is 0 Å². The summed E-state index contributed by atoms with van der Waals surface area (Å²) in [7, 11) is 0. The molecule has 45 heavy (non-hydrogen) atoms. The van der Waals surface area contributed by atoms with Crippen LogP contribution in [0.15, 0.2) is 128 Å². The van der Waals surface area contributed by atoms with Gasteiger partial charge in [-0.2, -0.15) is 0 Å². The van der Waals surface area contributed by atoms with Gasteiger partial charge in [-0.1, -0.05) is 85.5 Å². The summed E-state index contributed by atoms with van der Waals surface area (Å²) in [6.45, 7) is 7.63. The largest absolute Gasteiger partial charge is 0.322 e. The molecule has 5 aromatic rings. The van der Waals surface area contributed by atoms with Crippen molar-refractivity contribution < 1.29 is 14.5 Å². The van der Waals surface area contributed by atoms with E-state index in [2.05, 4.69) is 17.2 Å². The summed E-state index contributed by atoms with van der Waals surface area (Å²) in [6.07, 6.45) is 5.54. The van der Waals surface area contributed by atoms with Crippen molar-refractivity contribution in [3.05, 3.63) is 177 Å². The Morgan fingerprint density at radius 3 is 1.51 bits per heavy atom. The van der Waals surface area contributed by atoms with Crippen molar-refractivity contribution in [2.75, 3.05) is 10.6 Å². The zero-order chi connectivity index (χ0) is 32.2. The molecule has 0 saturated carbocycles. The second kappa shape index (κ2) is 15.4. The lowest BCUT2D eigenvalue weighted by Crippen LogP contribution is -2.12. The minimum absolute atomic E-state index is 0.0633. The van der Waals surface area contributed by atoms with E-state index in [9.17, 15) is 19.7 Å². The number of nitro groups is 1. The van der Waals surface area contributed by atoms with E-state index in [0.717, 1.165) is 39.2 Å². The van der Waals surface area contributed by atoms with Gasteiger partial charge in [-0.05, 0) is 90.2 Å². The van der Waals surface area contributed by atoms with Gasteiger partial charge in [-0.15, -0.1) is 0 Å². The zero-order valence-electron chi connectivity index (χ0n) is 25.1. The molecule has 0 spiro atoms. The van der Waals surface area contributed by atoms with Crippen LogP contribution in [0.5, 0.6) is 0 Å². The maximum atomic E-state index is 12.4. The number of anilines is 2. The highest BCUT2D eigenvalue weighted by Crippen LogP contribution is 2.21. The second-order valence-corrected chi connectivity index (χ2v) is 10.2. The van der Waals surface area contributed by atoms with Crippen molar-refractivity contribution >= 4 is 47.1 Å². The molecule has 0 aromatic heterocycles. The van der Waals surface area contributed by atoms with Gasteiger partial charge in [0.25, 0.3) is 17.5 Å². The van der Waals surface area contributed by atoms with E-state index in [-0.39, 0.29) is 17.5 Å². The number of carbonyl (C=O) groups excluding carboxylic acids is 2. The molecule has 5 rings (SSSR count). The molecule has 0 aliphatic rings. The number of aryl methyl sites for hydroxylation is 2. The zero-order valence-corrected chi connectivity index (χ0v) is 25.1. The predicted octanol–water partition coefficient (Wildman–Crippen LogP) is 9.22. The van der Waals surface area contributed by atoms with Crippen molar-refractivity contribution in [1.82, 2.24) is 0 Å². The van der Waals surface area contributed by atoms with Crippen LogP contribution >= 0.6 is 0 Å². The molecular weight excluding hydrogens is 562 g/mol. The maximum absolute atomic E-state index is 12.4. The highest BCUT2D eigenvalue weighted by atomic mass is 16.6. The third-order valence-electron chi connectivity index (χ3n) is 6.90. The Hall–Kier alpha value is -6.08. The highest BCUT2D eigenvalue weighted by Gasteiger charge is 2.09. The van der Waals surface area contributed by atoms with Gasteiger partial charge in [-0.25, -0.2) is 0 Å². The lowest BCUT2D eigenvalue weighted by Gasteiger charge is -2.09. The molecule has 224 valence electrons. The van der Waals surface area contributed by atoms with Gasteiger partial charge in [0.15, 0.2) is 0 Å². The third kappa shape index (κ3) is 9.20. The number of hydrogen-bond donors (Lipinski definition) is 2. The fourth-order valence-electron chi connectivity index (χ4n) is 4.25. The molecule has 0 heterocycles. The van der Waals surface area contributed by atoms with Crippen LogP contribution < -0.4 is 10.6 Å². The molecule has 7 heteroatoms. The molecule has 0 aliphatic carbocycles. The van der Waals surface area contributed by atoms with Gasteiger partial charge < -0.3 is 10.6 Å². The normalized spacial score (nSPS) is 10.4. The van der Waals surface area contributed by atoms with Crippen molar-refractivity contribution in [3.63, 3.8) is 0 Å². The van der Waals surface area contributed by atoms with Crippen molar-refractivity contribution in [2.45, 2.75) is 13.8 Å². The van der Waals surface area contributed by atoms with Crippen LogP contribution in [0, 0.1) is 24.0 Å². The van der Waals surface area contributed by atoms with E-state index < -0.39 is 4.92 Å². The molecule has 0 saturated heterocycles. The number of nitrogens with one attached hydrogen (secondary N) is 2. The molecule has 2 N–H and O–H groups in total. The van der Waals surface area contributed by atoms with Crippen LogP contribution in [0.2, 0.25) is 0 Å². The number of amides is 2. The Bertz CT molecular complexity index is 1830. The summed E-state index contributed by atoms with van der Waals surface area (Å²) in [5.74, 6) is -0.255. The first-order chi connectivity index (χ1) is 21.7. The molecule has 0 aliphatic heterocycles. The summed E-state index contributed by atoms with van der Waals surface area (Å²) < 4.78 is 0. The first kappa shape index (κ1) is 31.8. The summed E-state index contributed by atoms with van der Waals surface area (Å²) in [5, 5.41) is 16.6. The van der Waals surface area contributed by atoms with Crippen molar-refractivity contribution in [1.29, 1.82) is 0 Å². The predicted molar refractivity (Wildman–Crippen MR) is 183 cm³/mol. The number of rotatable bonds is 8. The number of nitrogens with zero attached hydrogens (tertiary/aromatic N) is 1. The van der Waals surface area contributed by atoms with Crippen LogP contribution in [0.4, 0.5) is 17.1 Å². The number of nitro benzene ring substituents is 1. The quantitative estimate of drug-likeness (QED) is 0.106. The van der Waals surface area contributed by atoms with E-state index in [4.69, 9.17) is 0 Å². The van der Waals surface area contributed by atoms with Gasteiger partial charge in [0.2, 0.25) is 0 Å². The van der Waals surface area contributed by atoms with E-state index in [1.165, 1.54) is 12.1 Å². The summed E-state index contributed by atoms with van der Waals surface area (Å²) in [6, 6.07) is 36.2. The van der Waals surface area contributed by atoms with Gasteiger partial charge >= 0.3 is 0 Å². The van der Waals surface area contributed by atoms with Gasteiger partial charge in [0.1, 0.15) is 0 Å². The third-order valence-corrected chi connectivity index (χ3v) is 6.90. The second-order valence-electron chi connectivity index (χ2n) is 10.2. The molecule has 0 radical (unpaired) electrons. The molecule has 0 atom stereocenters.